The van der Waals surface area contributed by atoms with Crippen LogP contribution >= 0.6 is 0 Å². The van der Waals surface area contributed by atoms with Crippen molar-refractivity contribution in [2.75, 3.05) is 25.0 Å². The van der Waals surface area contributed by atoms with Crippen LogP contribution in [-0.4, -0.2) is 19.6 Å². The fourth-order valence-corrected chi connectivity index (χ4v) is 2.04. The third-order valence-corrected chi connectivity index (χ3v) is 2.71. The van der Waals surface area contributed by atoms with Crippen molar-refractivity contribution < 1.29 is 0 Å². The Morgan fingerprint density at radius 3 is 2.12 bits per heavy atom. The largest absolute Gasteiger partial charge is 0.383 e. The van der Waals surface area contributed by atoms with Crippen LogP contribution in [0.1, 0.15) is 30.0 Å². The zero-order valence-corrected chi connectivity index (χ0v) is 11.0. The van der Waals surface area contributed by atoms with Crippen LogP contribution in [-0.2, 0) is 0 Å². The summed E-state index contributed by atoms with van der Waals surface area (Å²) in [6, 6.07) is 4.46. The van der Waals surface area contributed by atoms with E-state index in [2.05, 4.69) is 50.5 Å². The summed E-state index contributed by atoms with van der Waals surface area (Å²) < 4.78 is 0. The zero-order valence-electron chi connectivity index (χ0n) is 11.0. The van der Waals surface area contributed by atoms with E-state index in [0.717, 1.165) is 19.6 Å². The van der Waals surface area contributed by atoms with Gasteiger partial charge in [-0.2, -0.15) is 0 Å². The minimum absolute atomic E-state index is 0.991. The summed E-state index contributed by atoms with van der Waals surface area (Å²) in [4.78, 5) is 0. The molecule has 1 aromatic carbocycles. The molecular formula is C14H24N2. The highest BCUT2D eigenvalue weighted by Crippen LogP contribution is 2.21. The van der Waals surface area contributed by atoms with Gasteiger partial charge in [0.2, 0.25) is 0 Å². The van der Waals surface area contributed by atoms with Crippen molar-refractivity contribution in [2.45, 2.75) is 34.1 Å². The fraction of sp³-hybridized carbons (Fsp3) is 0.571. The smallest absolute Gasteiger partial charge is 0.0400 e. The van der Waals surface area contributed by atoms with Gasteiger partial charge in [-0.3, -0.25) is 0 Å². The van der Waals surface area contributed by atoms with Crippen LogP contribution in [0, 0.1) is 20.8 Å². The Hall–Kier alpha value is -1.02. The van der Waals surface area contributed by atoms with Crippen molar-refractivity contribution in [3.63, 3.8) is 0 Å². The monoisotopic (exact) mass is 220 g/mol. The molecule has 2 N–H and O–H groups in total. The molecule has 0 bridgehead atoms. The maximum Gasteiger partial charge on any atom is 0.0400 e. The highest BCUT2D eigenvalue weighted by Gasteiger charge is 2.02. The summed E-state index contributed by atoms with van der Waals surface area (Å²) in [7, 11) is 0. The topological polar surface area (TPSA) is 24.1 Å². The summed E-state index contributed by atoms with van der Waals surface area (Å²) in [5.41, 5.74) is 5.31. The van der Waals surface area contributed by atoms with Gasteiger partial charge in [-0.15, -0.1) is 0 Å². The predicted octanol–water partition coefficient (Wildman–Crippen LogP) is 3.02. The Morgan fingerprint density at radius 1 is 0.938 bits per heavy atom. The summed E-state index contributed by atoms with van der Waals surface area (Å²) in [6.07, 6.45) is 1.20. The van der Waals surface area contributed by atoms with Gasteiger partial charge >= 0.3 is 0 Å². The first-order valence-electron chi connectivity index (χ1n) is 6.17. The van der Waals surface area contributed by atoms with Gasteiger partial charge < -0.3 is 10.6 Å². The molecule has 0 fully saturated rings. The molecular weight excluding hydrogens is 196 g/mol. The maximum atomic E-state index is 3.50. The molecule has 90 valence electrons. The number of rotatable bonds is 6. The lowest BCUT2D eigenvalue weighted by molar-refractivity contribution is 0.687. The Bertz CT molecular complexity index is 309. The summed E-state index contributed by atoms with van der Waals surface area (Å²) in [6.45, 7) is 11.8. The second kappa shape index (κ2) is 6.54. The van der Waals surface area contributed by atoms with E-state index in [1.54, 1.807) is 0 Å². The molecule has 2 heteroatoms. The average Bonchev–Trinajstić information content (AvgIpc) is 2.20. The maximum absolute atomic E-state index is 3.50. The van der Waals surface area contributed by atoms with Gasteiger partial charge in [-0.1, -0.05) is 24.6 Å². The molecule has 0 amide bonds. The van der Waals surface area contributed by atoms with Gasteiger partial charge in [0, 0.05) is 18.8 Å². The first kappa shape index (κ1) is 13.0. The highest BCUT2D eigenvalue weighted by atomic mass is 14.9. The van der Waals surface area contributed by atoms with Crippen LogP contribution in [0.3, 0.4) is 0 Å². The summed E-state index contributed by atoms with van der Waals surface area (Å²) in [5.74, 6) is 0. The molecule has 0 aliphatic rings. The molecule has 0 aromatic heterocycles. The van der Waals surface area contributed by atoms with E-state index in [1.165, 1.54) is 28.8 Å². The average molecular weight is 220 g/mol. The van der Waals surface area contributed by atoms with Crippen LogP contribution in [0.15, 0.2) is 12.1 Å². The number of hydrogen-bond acceptors (Lipinski definition) is 2. The molecule has 0 aliphatic carbocycles. The first-order chi connectivity index (χ1) is 7.65. The molecule has 0 radical (unpaired) electrons. The molecule has 0 atom stereocenters. The summed E-state index contributed by atoms with van der Waals surface area (Å²) >= 11 is 0. The van der Waals surface area contributed by atoms with Crippen molar-refractivity contribution in [1.82, 2.24) is 5.32 Å². The fourth-order valence-electron chi connectivity index (χ4n) is 2.04. The lowest BCUT2D eigenvalue weighted by Gasteiger charge is -2.14. The zero-order chi connectivity index (χ0) is 12.0. The van der Waals surface area contributed by atoms with Gasteiger partial charge in [0.25, 0.3) is 0 Å². The molecule has 2 nitrogen and oxygen atoms in total. The number of hydrogen-bond donors (Lipinski definition) is 2. The third-order valence-electron chi connectivity index (χ3n) is 2.71. The molecule has 0 aliphatic heterocycles. The standard InChI is InChI=1S/C14H24N2/c1-5-6-15-7-8-16-14-12(3)9-11(2)10-13(14)4/h9-10,15-16H,5-8H2,1-4H3. The van der Waals surface area contributed by atoms with Gasteiger partial charge in [0.1, 0.15) is 0 Å². The first-order valence-corrected chi connectivity index (χ1v) is 6.17. The Balaban J connectivity index is 2.47. The van der Waals surface area contributed by atoms with E-state index in [4.69, 9.17) is 0 Å². The summed E-state index contributed by atoms with van der Waals surface area (Å²) in [5, 5.41) is 6.90. The second-order valence-electron chi connectivity index (χ2n) is 4.45. The van der Waals surface area contributed by atoms with Crippen LogP contribution in [0.4, 0.5) is 5.69 Å². The number of anilines is 1. The van der Waals surface area contributed by atoms with Gasteiger partial charge in [-0.25, -0.2) is 0 Å². The SMILES string of the molecule is CCCNCCNc1c(C)cc(C)cc1C. The molecule has 0 saturated heterocycles. The molecule has 0 heterocycles. The van der Waals surface area contributed by atoms with E-state index >= 15 is 0 Å². The minimum atomic E-state index is 0.991. The van der Waals surface area contributed by atoms with Crippen LogP contribution in [0.2, 0.25) is 0 Å². The molecule has 1 aromatic rings. The Labute approximate surface area is 99.5 Å². The van der Waals surface area contributed by atoms with Crippen molar-refractivity contribution in [3.8, 4) is 0 Å². The van der Waals surface area contributed by atoms with Gasteiger partial charge in [0.05, 0.1) is 0 Å². The third kappa shape index (κ3) is 3.86. The van der Waals surface area contributed by atoms with Crippen LogP contribution in [0.25, 0.3) is 0 Å². The number of nitrogens with one attached hydrogen (secondary N) is 2. The molecule has 16 heavy (non-hydrogen) atoms. The molecule has 0 spiro atoms. The van der Waals surface area contributed by atoms with E-state index in [0.29, 0.717) is 0 Å². The van der Waals surface area contributed by atoms with Gasteiger partial charge in [0.15, 0.2) is 0 Å². The van der Waals surface area contributed by atoms with Crippen molar-refractivity contribution in [1.29, 1.82) is 0 Å². The van der Waals surface area contributed by atoms with E-state index in [-0.39, 0.29) is 0 Å². The molecule has 0 unspecified atom stereocenters. The molecule has 1 rings (SSSR count). The van der Waals surface area contributed by atoms with Crippen molar-refractivity contribution in [2.24, 2.45) is 0 Å². The normalized spacial score (nSPS) is 10.5. The number of benzene rings is 1. The number of aryl methyl sites for hydroxylation is 3. The predicted molar refractivity (Wildman–Crippen MR) is 72.3 cm³/mol. The van der Waals surface area contributed by atoms with Crippen LogP contribution in [0.5, 0.6) is 0 Å². The Morgan fingerprint density at radius 2 is 1.56 bits per heavy atom. The van der Waals surface area contributed by atoms with E-state index in [1.807, 2.05) is 0 Å². The van der Waals surface area contributed by atoms with Crippen molar-refractivity contribution in [3.05, 3.63) is 28.8 Å². The quantitative estimate of drug-likeness (QED) is 0.720. The lowest BCUT2D eigenvalue weighted by atomic mass is 10.1. The van der Waals surface area contributed by atoms with E-state index in [9.17, 15) is 0 Å². The highest BCUT2D eigenvalue weighted by molar-refractivity contribution is 5.58. The van der Waals surface area contributed by atoms with Gasteiger partial charge in [-0.05, 0) is 44.9 Å². The van der Waals surface area contributed by atoms with E-state index < -0.39 is 0 Å². The van der Waals surface area contributed by atoms with Crippen molar-refractivity contribution >= 4 is 5.69 Å². The lowest BCUT2D eigenvalue weighted by Crippen LogP contribution is -2.23. The van der Waals surface area contributed by atoms with Crippen LogP contribution < -0.4 is 10.6 Å². The molecule has 0 saturated carbocycles. The second-order valence-corrected chi connectivity index (χ2v) is 4.45. The minimum Gasteiger partial charge on any atom is -0.383 e. The Kier molecular flexibility index (Phi) is 5.33.